The molecule has 1 N–H and O–H groups in total. The highest BCUT2D eigenvalue weighted by atomic mass is 35.5. The summed E-state index contributed by atoms with van der Waals surface area (Å²) in [6, 6.07) is 12.2. The van der Waals surface area contributed by atoms with Crippen molar-refractivity contribution in [3.05, 3.63) is 64.4 Å². The number of hydrogen-bond acceptors (Lipinski definition) is 3. The highest BCUT2D eigenvalue weighted by Crippen LogP contribution is 2.25. The minimum atomic E-state index is -0.913. The molecule has 4 nitrogen and oxygen atoms in total. The number of carbonyl (C=O) groups is 1. The van der Waals surface area contributed by atoms with Crippen molar-refractivity contribution in [1.82, 2.24) is 4.90 Å². The van der Waals surface area contributed by atoms with Crippen LogP contribution in [0.5, 0.6) is 0 Å². The molecule has 1 aliphatic rings. The number of aromatic carboxylic acids is 1. The van der Waals surface area contributed by atoms with Gasteiger partial charge in [-0.05, 0) is 42.8 Å². The van der Waals surface area contributed by atoms with E-state index in [0.29, 0.717) is 12.1 Å². The molecule has 1 fully saturated rings. The van der Waals surface area contributed by atoms with Gasteiger partial charge in [-0.2, -0.15) is 0 Å². The van der Waals surface area contributed by atoms with E-state index in [9.17, 15) is 9.18 Å². The highest BCUT2D eigenvalue weighted by Gasteiger charge is 2.24. The first-order valence-electron chi connectivity index (χ1n) is 8.20. The number of benzene rings is 2. The quantitative estimate of drug-likeness (QED) is 0.896. The smallest absolute Gasteiger partial charge is 0.335 e. The van der Waals surface area contributed by atoms with E-state index in [1.807, 2.05) is 12.1 Å². The van der Waals surface area contributed by atoms with Crippen molar-refractivity contribution < 1.29 is 14.3 Å². The van der Waals surface area contributed by atoms with Gasteiger partial charge in [0.05, 0.1) is 10.6 Å². The first kappa shape index (κ1) is 17.7. The minimum absolute atomic E-state index is 0.133. The van der Waals surface area contributed by atoms with E-state index in [-0.39, 0.29) is 11.1 Å². The van der Waals surface area contributed by atoms with E-state index in [1.54, 1.807) is 24.3 Å². The van der Waals surface area contributed by atoms with Crippen molar-refractivity contribution in [2.24, 2.45) is 0 Å². The lowest BCUT2D eigenvalue weighted by Gasteiger charge is -2.41. The van der Waals surface area contributed by atoms with Gasteiger partial charge in [-0.1, -0.05) is 23.7 Å². The number of piperazine rings is 1. The third-order valence-electron chi connectivity index (χ3n) is 4.59. The minimum Gasteiger partial charge on any atom is -0.478 e. The molecule has 1 aliphatic heterocycles. The van der Waals surface area contributed by atoms with Gasteiger partial charge < -0.3 is 10.0 Å². The molecule has 0 radical (unpaired) electrons. The first-order valence-corrected chi connectivity index (χ1v) is 8.58. The number of anilines is 1. The van der Waals surface area contributed by atoms with Crippen LogP contribution in [0, 0.1) is 5.82 Å². The Bertz CT molecular complexity index is 784. The monoisotopic (exact) mass is 362 g/mol. The van der Waals surface area contributed by atoms with Crippen molar-refractivity contribution in [1.29, 1.82) is 0 Å². The highest BCUT2D eigenvalue weighted by molar-refractivity contribution is 6.30. The number of carboxylic acids is 1. The lowest BCUT2D eigenvalue weighted by atomic mass is 10.1. The van der Waals surface area contributed by atoms with Crippen LogP contribution in [0.1, 0.15) is 22.8 Å². The Balaban J connectivity index is 1.66. The summed E-state index contributed by atoms with van der Waals surface area (Å²) in [5.41, 5.74) is 2.12. The normalized spacial score (nSPS) is 18.4. The molecule has 1 atom stereocenters. The van der Waals surface area contributed by atoms with Gasteiger partial charge in [0.25, 0.3) is 0 Å². The van der Waals surface area contributed by atoms with Crippen LogP contribution >= 0.6 is 11.6 Å². The summed E-state index contributed by atoms with van der Waals surface area (Å²) in [7, 11) is 0. The number of hydrogen-bond donors (Lipinski definition) is 1. The summed E-state index contributed by atoms with van der Waals surface area (Å²) in [6.45, 7) is 5.21. The molecular weight excluding hydrogens is 343 g/mol. The Hall–Kier alpha value is -2.11. The molecule has 0 bridgehead atoms. The van der Waals surface area contributed by atoms with E-state index >= 15 is 0 Å². The molecule has 0 spiro atoms. The first-order chi connectivity index (χ1) is 11.9. The Morgan fingerprint density at radius 3 is 2.76 bits per heavy atom. The molecular formula is C19H20ClFN2O2. The van der Waals surface area contributed by atoms with Gasteiger partial charge in [0.1, 0.15) is 5.82 Å². The number of halogens is 2. The summed E-state index contributed by atoms with van der Waals surface area (Å²) in [6.07, 6.45) is 0. The van der Waals surface area contributed by atoms with Crippen molar-refractivity contribution in [3.63, 3.8) is 0 Å². The van der Waals surface area contributed by atoms with Gasteiger partial charge in [-0.15, -0.1) is 0 Å². The van der Waals surface area contributed by atoms with E-state index in [1.165, 1.54) is 6.07 Å². The summed E-state index contributed by atoms with van der Waals surface area (Å²) in [5, 5.41) is 9.24. The third kappa shape index (κ3) is 4.11. The van der Waals surface area contributed by atoms with Crippen LogP contribution in [-0.4, -0.2) is 41.7 Å². The van der Waals surface area contributed by atoms with Crippen LogP contribution in [0.15, 0.2) is 42.5 Å². The van der Waals surface area contributed by atoms with E-state index in [4.69, 9.17) is 16.7 Å². The van der Waals surface area contributed by atoms with Gasteiger partial charge in [-0.3, -0.25) is 4.90 Å². The maximum atomic E-state index is 13.7. The number of nitrogens with zero attached hydrogens (tertiary/aromatic N) is 2. The Morgan fingerprint density at radius 1 is 1.28 bits per heavy atom. The van der Waals surface area contributed by atoms with E-state index in [0.717, 1.165) is 30.9 Å². The number of carboxylic acid groups (broad SMARTS) is 1. The summed E-state index contributed by atoms with van der Waals surface area (Å²) < 4.78 is 13.7. The van der Waals surface area contributed by atoms with Gasteiger partial charge in [0.2, 0.25) is 0 Å². The fourth-order valence-electron chi connectivity index (χ4n) is 3.18. The molecule has 2 aromatic rings. The van der Waals surface area contributed by atoms with Gasteiger partial charge >= 0.3 is 5.97 Å². The molecule has 0 amide bonds. The molecule has 0 aromatic heterocycles. The van der Waals surface area contributed by atoms with Gasteiger partial charge in [0, 0.05) is 37.9 Å². The maximum absolute atomic E-state index is 13.7. The molecule has 1 heterocycles. The number of rotatable bonds is 4. The zero-order chi connectivity index (χ0) is 18.0. The van der Waals surface area contributed by atoms with Crippen LogP contribution in [0.3, 0.4) is 0 Å². The third-order valence-corrected chi connectivity index (χ3v) is 4.90. The topological polar surface area (TPSA) is 43.8 Å². The van der Waals surface area contributed by atoms with Crippen LogP contribution in [0.25, 0.3) is 0 Å². The lowest BCUT2D eigenvalue weighted by Crippen LogP contribution is -2.51. The van der Waals surface area contributed by atoms with Gasteiger partial charge in [-0.25, -0.2) is 9.18 Å². The molecule has 0 saturated carbocycles. The molecule has 1 saturated heterocycles. The Kier molecular flexibility index (Phi) is 5.25. The second-order valence-corrected chi connectivity index (χ2v) is 6.78. The molecule has 25 heavy (non-hydrogen) atoms. The molecule has 132 valence electrons. The predicted molar refractivity (Wildman–Crippen MR) is 96.9 cm³/mol. The zero-order valence-corrected chi connectivity index (χ0v) is 14.7. The summed E-state index contributed by atoms with van der Waals surface area (Å²) in [4.78, 5) is 15.6. The molecule has 2 aromatic carbocycles. The maximum Gasteiger partial charge on any atom is 0.335 e. The summed E-state index contributed by atoms with van der Waals surface area (Å²) in [5.74, 6) is -1.32. The molecule has 1 unspecified atom stereocenters. The van der Waals surface area contributed by atoms with Crippen LogP contribution in [-0.2, 0) is 6.54 Å². The standard InChI is InChI=1S/C19H20ClFN2O2/c1-13-11-23(16-5-6-17(20)18(21)10-16)8-7-22(13)12-14-3-2-4-15(9-14)19(24)25/h2-6,9-10,13H,7-8,11-12H2,1H3,(H,24,25). The van der Waals surface area contributed by atoms with E-state index in [2.05, 4.69) is 16.7 Å². The summed E-state index contributed by atoms with van der Waals surface area (Å²) >= 11 is 5.75. The van der Waals surface area contributed by atoms with Crippen LogP contribution in [0.2, 0.25) is 5.02 Å². The predicted octanol–water partition coefficient (Wildman–Crippen LogP) is 3.89. The average Bonchev–Trinajstić information content (AvgIpc) is 2.59. The Labute approximate surface area is 151 Å². The average molecular weight is 363 g/mol. The SMILES string of the molecule is CC1CN(c2ccc(Cl)c(F)c2)CCN1Cc1cccc(C(=O)O)c1. The second kappa shape index (κ2) is 7.42. The van der Waals surface area contributed by atoms with Crippen molar-refractivity contribution >= 4 is 23.3 Å². The molecule has 6 heteroatoms. The lowest BCUT2D eigenvalue weighted by molar-refractivity contribution is 0.0696. The van der Waals surface area contributed by atoms with Crippen molar-refractivity contribution in [3.8, 4) is 0 Å². The fraction of sp³-hybridized carbons (Fsp3) is 0.316. The van der Waals surface area contributed by atoms with Crippen LogP contribution in [0.4, 0.5) is 10.1 Å². The van der Waals surface area contributed by atoms with Crippen molar-refractivity contribution in [2.75, 3.05) is 24.5 Å². The van der Waals surface area contributed by atoms with Crippen LogP contribution < -0.4 is 4.90 Å². The second-order valence-electron chi connectivity index (χ2n) is 6.37. The largest absolute Gasteiger partial charge is 0.478 e. The van der Waals surface area contributed by atoms with E-state index < -0.39 is 11.8 Å². The Morgan fingerprint density at radius 2 is 2.08 bits per heavy atom. The van der Waals surface area contributed by atoms with Crippen molar-refractivity contribution in [2.45, 2.75) is 19.5 Å². The molecule has 0 aliphatic carbocycles. The molecule has 3 rings (SSSR count). The fourth-order valence-corrected chi connectivity index (χ4v) is 3.30. The zero-order valence-electron chi connectivity index (χ0n) is 14.0. The van der Waals surface area contributed by atoms with Gasteiger partial charge in [0.15, 0.2) is 0 Å².